The number of aromatic nitrogens is 1. The highest BCUT2D eigenvalue weighted by Crippen LogP contribution is 2.19. The first-order valence-electron chi connectivity index (χ1n) is 7.88. The van der Waals surface area contributed by atoms with Crippen molar-refractivity contribution in [2.75, 3.05) is 11.9 Å². The van der Waals surface area contributed by atoms with E-state index in [1.54, 1.807) is 42.5 Å². The van der Waals surface area contributed by atoms with E-state index in [9.17, 15) is 9.59 Å². The van der Waals surface area contributed by atoms with Gasteiger partial charge in [0.15, 0.2) is 5.58 Å². The Kier molecular flexibility index (Phi) is 5.09. The number of ether oxygens (including phenoxy) is 1. The summed E-state index contributed by atoms with van der Waals surface area (Å²) >= 11 is 5.88. The number of nitrogens with one attached hydrogen (secondary N) is 1. The second kappa shape index (κ2) is 7.44. The van der Waals surface area contributed by atoms with E-state index in [-0.39, 0.29) is 18.9 Å². The quantitative estimate of drug-likeness (QED) is 0.727. The van der Waals surface area contributed by atoms with E-state index < -0.39 is 5.76 Å². The van der Waals surface area contributed by atoms with Crippen LogP contribution in [0.1, 0.15) is 13.3 Å². The Bertz CT molecular complexity index is 944. The van der Waals surface area contributed by atoms with Gasteiger partial charge in [-0.15, -0.1) is 0 Å². The van der Waals surface area contributed by atoms with Crippen LogP contribution < -0.4 is 15.8 Å². The second-order valence-electron chi connectivity index (χ2n) is 5.39. The number of halogens is 1. The summed E-state index contributed by atoms with van der Waals surface area (Å²) < 4.78 is 11.9. The Morgan fingerprint density at radius 2 is 2.00 bits per heavy atom. The summed E-state index contributed by atoms with van der Waals surface area (Å²) in [5, 5.41) is 3.28. The van der Waals surface area contributed by atoms with Crippen molar-refractivity contribution >= 4 is 34.3 Å². The van der Waals surface area contributed by atoms with Gasteiger partial charge < -0.3 is 14.5 Å². The Morgan fingerprint density at radius 1 is 1.24 bits per heavy atom. The molecule has 0 radical (unpaired) electrons. The lowest BCUT2D eigenvalue weighted by Crippen LogP contribution is -2.19. The first kappa shape index (κ1) is 17.1. The normalized spacial score (nSPS) is 10.8. The Labute approximate surface area is 149 Å². The van der Waals surface area contributed by atoms with Crippen LogP contribution in [0.4, 0.5) is 5.69 Å². The smallest absolute Gasteiger partial charge is 0.419 e. The van der Waals surface area contributed by atoms with Crippen molar-refractivity contribution in [2.24, 2.45) is 0 Å². The molecule has 1 amide bonds. The number of hydrogen-bond donors (Lipinski definition) is 1. The molecule has 0 aliphatic heterocycles. The minimum Gasteiger partial charge on any atom is -0.494 e. The van der Waals surface area contributed by atoms with Gasteiger partial charge in [0.25, 0.3) is 0 Å². The summed E-state index contributed by atoms with van der Waals surface area (Å²) in [5.74, 6) is 0.0427. The molecule has 3 rings (SSSR count). The molecule has 0 aliphatic carbocycles. The van der Waals surface area contributed by atoms with Crippen LogP contribution in [-0.2, 0) is 11.3 Å². The predicted molar refractivity (Wildman–Crippen MR) is 96.3 cm³/mol. The third-order valence-corrected chi connectivity index (χ3v) is 3.88. The highest BCUT2D eigenvalue weighted by Gasteiger charge is 2.11. The zero-order valence-electron chi connectivity index (χ0n) is 13.6. The van der Waals surface area contributed by atoms with Crippen molar-refractivity contribution < 1.29 is 13.9 Å². The first-order chi connectivity index (χ1) is 12.1. The molecule has 6 nitrogen and oxygen atoms in total. The van der Waals surface area contributed by atoms with Crippen molar-refractivity contribution in [2.45, 2.75) is 19.9 Å². The van der Waals surface area contributed by atoms with Crippen molar-refractivity contribution in [3.8, 4) is 5.75 Å². The number of rotatable bonds is 6. The van der Waals surface area contributed by atoms with Crippen molar-refractivity contribution in [1.29, 1.82) is 0 Å². The molecule has 130 valence electrons. The minimum atomic E-state index is -0.508. The lowest BCUT2D eigenvalue weighted by molar-refractivity contribution is -0.116. The first-order valence-corrected chi connectivity index (χ1v) is 8.26. The second-order valence-corrected chi connectivity index (χ2v) is 5.82. The maximum atomic E-state index is 12.1. The lowest BCUT2D eigenvalue weighted by Gasteiger charge is -2.07. The molecule has 0 atom stereocenters. The maximum Gasteiger partial charge on any atom is 0.419 e. The van der Waals surface area contributed by atoms with Crippen LogP contribution in [0.15, 0.2) is 51.7 Å². The van der Waals surface area contributed by atoms with Crippen molar-refractivity contribution in [3.05, 3.63) is 58.0 Å². The predicted octanol–water partition coefficient (Wildman–Crippen LogP) is 3.68. The molecule has 0 fully saturated rings. The molecule has 1 heterocycles. The molecule has 2 aromatic carbocycles. The molecular formula is C18H17ClN2O4. The van der Waals surface area contributed by atoms with Gasteiger partial charge in [0.2, 0.25) is 5.91 Å². The van der Waals surface area contributed by atoms with E-state index >= 15 is 0 Å². The molecule has 0 saturated carbocycles. The lowest BCUT2D eigenvalue weighted by atomic mass is 10.3. The highest BCUT2D eigenvalue weighted by atomic mass is 35.5. The van der Waals surface area contributed by atoms with E-state index in [0.29, 0.717) is 28.4 Å². The summed E-state index contributed by atoms with van der Waals surface area (Å²) in [7, 11) is 0. The third-order valence-electron chi connectivity index (χ3n) is 3.64. The monoisotopic (exact) mass is 360 g/mol. The molecule has 0 aliphatic rings. The Morgan fingerprint density at radius 3 is 2.72 bits per heavy atom. The van der Waals surface area contributed by atoms with E-state index in [1.165, 1.54) is 4.57 Å². The average Bonchev–Trinajstić information content (AvgIpc) is 2.89. The topological polar surface area (TPSA) is 73.5 Å². The van der Waals surface area contributed by atoms with Gasteiger partial charge in [-0.25, -0.2) is 4.79 Å². The number of oxazole rings is 1. The molecule has 1 aromatic heterocycles. The summed E-state index contributed by atoms with van der Waals surface area (Å²) in [6.07, 6.45) is 0.143. The molecular weight excluding hydrogens is 344 g/mol. The number of carbonyl (C=O) groups is 1. The van der Waals surface area contributed by atoms with Crippen LogP contribution >= 0.6 is 11.6 Å². The fraction of sp³-hybridized carbons (Fsp3) is 0.222. The SMILES string of the molecule is CCOc1ccc(NC(=O)CCn2c(=O)oc3cc(Cl)ccc32)cc1. The number of hydrogen-bond acceptors (Lipinski definition) is 4. The summed E-state index contributed by atoms with van der Waals surface area (Å²) in [4.78, 5) is 24.0. The molecule has 3 aromatic rings. The van der Waals surface area contributed by atoms with Crippen LogP contribution in [0.5, 0.6) is 5.75 Å². The van der Waals surface area contributed by atoms with E-state index in [2.05, 4.69) is 5.32 Å². The number of carbonyl (C=O) groups excluding carboxylic acids is 1. The third kappa shape index (κ3) is 4.03. The number of benzene rings is 2. The van der Waals surface area contributed by atoms with Gasteiger partial charge in [0, 0.05) is 29.7 Å². The van der Waals surface area contributed by atoms with Crippen molar-refractivity contribution in [3.63, 3.8) is 0 Å². The van der Waals surface area contributed by atoms with Gasteiger partial charge in [0.05, 0.1) is 12.1 Å². The fourth-order valence-electron chi connectivity index (χ4n) is 2.49. The van der Waals surface area contributed by atoms with Gasteiger partial charge in [-0.1, -0.05) is 11.6 Å². The van der Waals surface area contributed by atoms with Gasteiger partial charge in [-0.3, -0.25) is 9.36 Å². The largest absolute Gasteiger partial charge is 0.494 e. The number of fused-ring (bicyclic) bond motifs is 1. The zero-order valence-corrected chi connectivity index (χ0v) is 14.4. The molecule has 0 unspecified atom stereocenters. The van der Waals surface area contributed by atoms with Crippen LogP contribution in [-0.4, -0.2) is 17.1 Å². The molecule has 25 heavy (non-hydrogen) atoms. The average molecular weight is 361 g/mol. The Hall–Kier alpha value is -2.73. The minimum absolute atomic E-state index is 0.143. The fourth-order valence-corrected chi connectivity index (χ4v) is 2.65. The molecule has 0 spiro atoms. The molecule has 0 bridgehead atoms. The van der Waals surface area contributed by atoms with E-state index in [1.807, 2.05) is 6.92 Å². The summed E-state index contributed by atoms with van der Waals surface area (Å²) in [6, 6.07) is 12.1. The summed E-state index contributed by atoms with van der Waals surface area (Å²) in [5.41, 5.74) is 1.69. The maximum absolute atomic E-state index is 12.1. The number of nitrogens with zero attached hydrogens (tertiary/aromatic N) is 1. The van der Waals surface area contributed by atoms with Crippen LogP contribution in [0.2, 0.25) is 5.02 Å². The van der Waals surface area contributed by atoms with E-state index in [0.717, 1.165) is 5.75 Å². The standard InChI is InChI=1S/C18H17ClN2O4/c1-2-24-14-6-4-13(5-7-14)20-17(22)9-10-21-15-8-3-12(19)11-16(15)25-18(21)23/h3-8,11H,2,9-10H2,1H3,(H,20,22). The van der Waals surface area contributed by atoms with Crippen LogP contribution in [0, 0.1) is 0 Å². The number of aryl methyl sites for hydroxylation is 1. The Balaban J connectivity index is 1.64. The van der Waals surface area contributed by atoms with Crippen molar-refractivity contribution in [1.82, 2.24) is 4.57 Å². The highest BCUT2D eigenvalue weighted by molar-refractivity contribution is 6.31. The van der Waals surface area contributed by atoms with E-state index in [4.69, 9.17) is 20.8 Å². The zero-order chi connectivity index (χ0) is 17.8. The number of amides is 1. The molecule has 1 N–H and O–H groups in total. The van der Waals surface area contributed by atoms with Gasteiger partial charge >= 0.3 is 5.76 Å². The van der Waals surface area contributed by atoms with Gasteiger partial charge in [-0.2, -0.15) is 0 Å². The van der Waals surface area contributed by atoms with Gasteiger partial charge in [0.1, 0.15) is 5.75 Å². The van der Waals surface area contributed by atoms with Gasteiger partial charge in [-0.05, 0) is 43.3 Å². The summed E-state index contributed by atoms with van der Waals surface area (Å²) in [6.45, 7) is 2.71. The molecule has 0 saturated heterocycles. The van der Waals surface area contributed by atoms with Crippen LogP contribution in [0.25, 0.3) is 11.1 Å². The van der Waals surface area contributed by atoms with Crippen LogP contribution in [0.3, 0.4) is 0 Å². The molecule has 7 heteroatoms. The number of anilines is 1.